The van der Waals surface area contributed by atoms with E-state index in [9.17, 15) is 4.79 Å². The average molecular weight is 462 g/mol. The van der Waals surface area contributed by atoms with Crippen molar-refractivity contribution in [3.63, 3.8) is 0 Å². The highest BCUT2D eigenvalue weighted by Crippen LogP contribution is 2.40. The zero-order valence-corrected chi connectivity index (χ0v) is 19.3. The molecule has 0 fully saturated rings. The second-order valence-corrected chi connectivity index (χ2v) is 8.72. The molecule has 1 aromatic carbocycles. The minimum Gasteiger partial charge on any atom is -0.494 e. The molecule has 4 N–H and O–H groups in total. The third kappa shape index (κ3) is 5.38. The Morgan fingerprint density at radius 1 is 1.35 bits per heavy atom. The maximum Gasteiger partial charge on any atom is 0.209 e. The van der Waals surface area contributed by atoms with Gasteiger partial charge in [-0.05, 0) is 37.3 Å². The third-order valence-corrected chi connectivity index (χ3v) is 6.57. The number of hydrogen-bond donors (Lipinski definition) is 4. The molecule has 10 heteroatoms. The van der Waals surface area contributed by atoms with Crippen LogP contribution in [0.1, 0.15) is 23.3 Å². The lowest BCUT2D eigenvalue weighted by Gasteiger charge is -2.15. The number of amides is 1. The predicted octanol–water partition coefficient (Wildman–Crippen LogP) is 3.26. The highest BCUT2D eigenvalue weighted by molar-refractivity contribution is 7.80. The van der Waals surface area contributed by atoms with Gasteiger partial charge in [0.15, 0.2) is 0 Å². The number of carbonyl (C=O) groups excluding carboxylic acids is 1. The smallest absolute Gasteiger partial charge is 0.209 e. The zero-order valence-electron chi connectivity index (χ0n) is 17.6. The highest BCUT2D eigenvalue weighted by atomic mass is 32.1. The second kappa shape index (κ2) is 10.7. The van der Waals surface area contributed by atoms with Gasteiger partial charge in [-0.1, -0.05) is 0 Å². The number of benzene rings is 1. The van der Waals surface area contributed by atoms with Crippen molar-refractivity contribution in [1.82, 2.24) is 14.9 Å². The molecule has 3 aromatic rings. The number of aromatic nitrogens is 2. The van der Waals surface area contributed by atoms with Gasteiger partial charge in [-0.3, -0.25) is 4.79 Å². The first-order valence-electron chi connectivity index (χ1n) is 9.93. The minimum atomic E-state index is 0.0369. The molecule has 0 unspecified atom stereocenters. The second-order valence-electron chi connectivity index (χ2n) is 7.16. The molecule has 0 aliphatic heterocycles. The molecule has 166 valence electrons. The van der Waals surface area contributed by atoms with Gasteiger partial charge in [-0.15, -0.1) is 24.0 Å². The third-order valence-electron chi connectivity index (χ3n) is 4.99. The Labute approximate surface area is 190 Å². The number of methoxy groups -OCH3 is 1. The van der Waals surface area contributed by atoms with Gasteiger partial charge in [0.05, 0.1) is 24.8 Å². The Morgan fingerprint density at radius 2 is 2.13 bits per heavy atom. The van der Waals surface area contributed by atoms with Crippen LogP contribution < -0.4 is 15.8 Å². The van der Waals surface area contributed by atoms with Crippen molar-refractivity contribution in [1.29, 1.82) is 0 Å². The average Bonchev–Trinajstić information content (AvgIpc) is 3.16. The van der Waals surface area contributed by atoms with E-state index in [1.165, 1.54) is 28.2 Å². The van der Waals surface area contributed by atoms with Gasteiger partial charge in [0.25, 0.3) is 0 Å². The van der Waals surface area contributed by atoms with E-state index in [1.54, 1.807) is 37.9 Å². The fourth-order valence-corrected chi connectivity index (χ4v) is 4.80. The van der Waals surface area contributed by atoms with E-state index in [0.717, 1.165) is 34.6 Å². The number of aryl methyl sites for hydroxylation is 2. The topological polar surface area (TPSA) is 114 Å². The highest BCUT2D eigenvalue weighted by Gasteiger charge is 2.20. The number of aliphatic hydroxyl groups excluding tert-OH is 1. The first-order chi connectivity index (χ1) is 15.0. The van der Waals surface area contributed by atoms with Crippen LogP contribution in [0.25, 0.3) is 10.2 Å². The van der Waals surface area contributed by atoms with E-state index in [2.05, 4.69) is 27.9 Å². The van der Waals surface area contributed by atoms with Crippen molar-refractivity contribution >= 4 is 57.8 Å². The molecule has 8 nitrogen and oxygen atoms in total. The van der Waals surface area contributed by atoms with Crippen LogP contribution in [0.4, 0.5) is 17.2 Å². The number of carbonyl (C=O) groups is 1. The van der Waals surface area contributed by atoms with Gasteiger partial charge in [-0.25, -0.2) is 9.97 Å². The van der Waals surface area contributed by atoms with Gasteiger partial charge in [0.1, 0.15) is 22.7 Å². The van der Waals surface area contributed by atoms with Gasteiger partial charge in [0.2, 0.25) is 6.41 Å². The van der Waals surface area contributed by atoms with E-state index in [1.807, 2.05) is 6.07 Å². The minimum absolute atomic E-state index is 0.0369. The number of ether oxygens (including phenoxy) is 1. The van der Waals surface area contributed by atoms with Crippen molar-refractivity contribution in [2.45, 2.75) is 30.6 Å². The Balaban J connectivity index is 0.000000339. The molecular formula is C21H27N5O3S2. The lowest BCUT2D eigenvalue weighted by atomic mass is 9.97. The summed E-state index contributed by atoms with van der Waals surface area (Å²) in [6, 6.07) is 3.64. The molecule has 4 rings (SSSR count). The predicted molar refractivity (Wildman–Crippen MR) is 128 cm³/mol. The monoisotopic (exact) mass is 461 g/mol. The molecule has 0 saturated heterocycles. The number of fused-ring (bicyclic) bond motifs is 3. The largest absolute Gasteiger partial charge is 0.494 e. The van der Waals surface area contributed by atoms with Crippen LogP contribution in [0.15, 0.2) is 23.4 Å². The van der Waals surface area contributed by atoms with Crippen LogP contribution in [0.5, 0.6) is 5.75 Å². The van der Waals surface area contributed by atoms with Crippen LogP contribution in [-0.2, 0) is 17.6 Å². The Morgan fingerprint density at radius 3 is 2.81 bits per heavy atom. The molecule has 0 radical (unpaired) electrons. The number of aliphatic hydroxyl groups is 1. The maximum absolute atomic E-state index is 9.71. The van der Waals surface area contributed by atoms with Crippen LogP contribution in [0.2, 0.25) is 0 Å². The molecule has 2 heterocycles. The van der Waals surface area contributed by atoms with Gasteiger partial charge in [-0.2, -0.15) is 0 Å². The molecule has 31 heavy (non-hydrogen) atoms. The van der Waals surface area contributed by atoms with E-state index < -0.39 is 0 Å². The number of likely N-dealkylation sites (N-methyl/N-ethyl adjacent to an activating group) is 1. The molecular weight excluding hydrogens is 434 g/mol. The maximum atomic E-state index is 9.71. The summed E-state index contributed by atoms with van der Waals surface area (Å²) in [5.74, 6) is 1.48. The summed E-state index contributed by atoms with van der Waals surface area (Å²) >= 11 is 6.19. The van der Waals surface area contributed by atoms with E-state index in [-0.39, 0.29) is 6.61 Å². The number of hydrogen-bond acceptors (Lipinski definition) is 9. The number of anilines is 3. The molecule has 0 atom stereocenters. The van der Waals surface area contributed by atoms with Crippen LogP contribution in [-0.4, -0.2) is 53.7 Å². The summed E-state index contributed by atoms with van der Waals surface area (Å²) in [4.78, 5) is 23.2. The van der Waals surface area contributed by atoms with Crippen molar-refractivity contribution in [3.8, 4) is 5.75 Å². The van der Waals surface area contributed by atoms with Gasteiger partial charge in [0, 0.05) is 35.1 Å². The van der Waals surface area contributed by atoms with Crippen LogP contribution >= 0.6 is 24.0 Å². The number of thiol groups is 1. The van der Waals surface area contributed by atoms with Crippen LogP contribution in [0.3, 0.4) is 0 Å². The Bertz CT molecular complexity index is 1060. The lowest BCUT2D eigenvalue weighted by Crippen LogP contribution is -2.19. The fraction of sp³-hybridized carbons (Fsp3) is 0.381. The zero-order chi connectivity index (χ0) is 22.4. The van der Waals surface area contributed by atoms with Crippen molar-refractivity contribution in [2.75, 3.05) is 38.4 Å². The normalized spacial score (nSPS) is 12.5. The molecule has 1 amide bonds. The summed E-state index contributed by atoms with van der Waals surface area (Å²) in [7, 11) is 3.24. The first kappa shape index (κ1) is 23.1. The van der Waals surface area contributed by atoms with E-state index >= 15 is 0 Å². The molecule has 1 aliphatic carbocycles. The number of rotatable bonds is 6. The summed E-state index contributed by atoms with van der Waals surface area (Å²) in [6.45, 7) is 0.457. The van der Waals surface area contributed by atoms with Crippen molar-refractivity contribution < 1.29 is 14.6 Å². The fourth-order valence-electron chi connectivity index (χ4n) is 3.37. The number of thiophene rings is 1. The van der Waals surface area contributed by atoms with Crippen LogP contribution in [0, 0.1) is 0 Å². The number of nitrogens with one attached hydrogen (secondary N) is 1. The molecule has 1 aliphatic rings. The molecule has 0 bridgehead atoms. The lowest BCUT2D eigenvalue weighted by molar-refractivity contribution is -0.117. The number of nitrogens with zero attached hydrogens (tertiary/aromatic N) is 3. The number of nitrogens with two attached hydrogens (primary N) is 1. The Hall–Kier alpha value is -2.56. The van der Waals surface area contributed by atoms with E-state index in [0.29, 0.717) is 29.3 Å². The van der Waals surface area contributed by atoms with E-state index in [4.69, 9.17) is 15.6 Å². The summed E-state index contributed by atoms with van der Waals surface area (Å²) in [5.41, 5.74) is 8.69. The Kier molecular flexibility index (Phi) is 7.94. The molecule has 2 aromatic heterocycles. The standard InChI is InChI=1S/C17H18N4OS2.C4H9NO2/c1-22-12-6-10(18)13(23)7-11(12)21-16-15-9-4-2-3-5-14(9)24-17(15)20-8-19-16;1-5(4-7)2-3-6/h6-8,23H,2-5,18H2,1H3,(H,19,20,21);4,6H,2-3H2,1H3. The molecule has 0 saturated carbocycles. The summed E-state index contributed by atoms with van der Waals surface area (Å²) < 4.78 is 5.44. The van der Waals surface area contributed by atoms with Crippen molar-refractivity contribution in [2.24, 2.45) is 0 Å². The van der Waals surface area contributed by atoms with Crippen molar-refractivity contribution in [3.05, 3.63) is 28.9 Å². The quantitative estimate of drug-likeness (QED) is 0.253. The van der Waals surface area contributed by atoms with Gasteiger partial charge < -0.3 is 25.8 Å². The summed E-state index contributed by atoms with van der Waals surface area (Å²) in [5, 5.41) is 12.7. The molecule has 0 spiro atoms. The summed E-state index contributed by atoms with van der Waals surface area (Å²) in [6.07, 6.45) is 6.99. The van der Waals surface area contributed by atoms with Gasteiger partial charge >= 0.3 is 0 Å². The number of nitrogen functional groups attached to an aromatic ring is 1. The first-order valence-corrected chi connectivity index (χ1v) is 11.2. The SMILES string of the molecule is CN(C=O)CCO.COc1cc(N)c(S)cc1Nc1ncnc2sc3c(c12)CCCC3.